The Hall–Kier alpha value is -3.44. The predicted molar refractivity (Wildman–Crippen MR) is 95.1 cm³/mol. The third kappa shape index (κ3) is 3.73. The van der Waals surface area contributed by atoms with E-state index in [4.69, 9.17) is 23.2 Å². The van der Waals surface area contributed by atoms with E-state index >= 15 is 0 Å². The highest BCUT2D eigenvalue weighted by Gasteiger charge is 2.24. The van der Waals surface area contributed by atoms with E-state index in [0.717, 1.165) is 6.07 Å². The third-order valence-corrected chi connectivity index (χ3v) is 3.93. The molecule has 0 aliphatic rings. The van der Waals surface area contributed by atoms with Gasteiger partial charge in [0.15, 0.2) is 10.3 Å². The van der Waals surface area contributed by atoms with Gasteiger partial charge >= 0.3 is 5.69 Å². The van der Waals surface area contributed by atoms with Gasteiger partial charge < -0.3 is 5.11 Å². The predicted octanol–water partition coefficient (Wildman–Crippen LogP) is 4.87. The average Bonchev–Trinajstić information content (AvgIpc) is 2.61. The minimum atomic E-state index is -0.960. The van der Waals surface area contributed by atoms with Crippen molar-refractivity contribution in [2.45, 2.75) is 0 Å². The summed E-state index contributed by atoms with van der Waals surface area (Å²) < 4.78 is 0. The first-order valence-corrected chi connectivity index (χ1v) is 7.72. The van der Waals surface area contributed by atoms with Gasteiger partial charge in [-0.25, -0.2) is 9.97 Å². The van der Waals surface area contributed by atoms with E-state index in [1.807, 2.05) is 0 Å². The van der Waals surface area contributed by atoms with Crippen molar-refractivity contribution in [2.24, 2.45) is 10.2 Å². The van der Waals surface area contributed by atoms with E-state index in [1.54, 1.807) is 0 Å². The van der Waals surface area contributed by atoms with Crippen LogP contribution >= 0.6 is 23.2 Å². The topological polar surface area (TPSA) is 157 Å². The fraction of sp³-hybridized carbons (Fsp3) is 0. The van der Waals surface area contributed by atoms with Gasteiger partial charge in [0.2, 0.25) is 5.75 Å². The van der Waals surface area contributed by atoms with Gasteiger partial charge in [0, 0.05) is 6.07 Å². The molecule has 0 aliphatic carbocycles. The van der Waals surface area contributed by atoms with E-state index in [1.165, 1.54) is 18.2 Å². The highest BCUT2D eigenvalue weighted by molar-refractivity contribution is 6.40. The highest BCUT2D eigenvalue weighted by Crippen LogP contribution is 2.40. The number of aromatic nitrogens is 2. The number of aromatic hydroxyl groups is 1. The van der Waals surface area contributed by atoms with Gasteiger partial charge in [0.05, 0.1) is 32.6 Å². The number of azo groups is 1. The fourth-order valence-corrected chi connectivity index (χ4v) is 2.35. The van der Waals surface area contributed by atoms with E-state index in [2.05, 4.69) is 20.2 Å². The molecule has 0 saturated heterocycles. The Morgan fingerprint density at radius 2 is 1.59 bits per heavy atom. The molecule has 11 nitrogen and oxygen atoms in total. The molecule has 0 radical (unpaired) electrons. The largest absolute Gasteiger partial charge is 0.501 e. The SMILES string of the molecule is O=[N+]([O-])c1cc(N=Nc2ccc3nc(Cl)c(Cl)nc3c2)c(O)c([N+](=O)[O-])c1. The molecule has 1 N–H and O–H groups in total. The lowest BCUT2D eigenvalue weighted by Gasteiger charge is -2.01. The normalized spacial score (nSPS) is 11.2. The summed E-state index contributed by atoms with van der Waals surface area (Å²) in [4.78, 5) is 28.1. The second-order valence-corrected chi connectivity index (χ2v) is 5.74. The molecule has 0 amide bonds. The summed E-state index contributed by atoms with van der Waals surface area (Å²) in [6, 6.07) is 5.98. The van der Waals surface area contributed by atoms with E-state index in [-0.39, 0.29) is 16.0 Å². The van der Waals surface area contributed by atoms with Crippen LogP contribution < -0.4 is 0 Å². The zero-order valence-electron chi connectivity index (χ0n) is 12.9. The summed E-state index contributed by atoms with van der Waals surface area (Å²) in [6.07, 6.45) is 0. The molecule has 3 aromatic rings. The number of fused-ring (bicyclic) bond motifs is 1. The second kappa shape index (κ2) is 7.05. The summed E-state index contributed by atoms with van der Waals surface area (Å²) in [7, 11) is 0. The van der Waals surface area contributed by atoms with Crippen molar-refractivity contribution in [3.63, 3.8) is 0 Å². The van der Waals surface area contributed by atoms with E-state index < -0.39 is 32.7 Å². The molecule has 0 unspecified atom stereocenters. The lowest BCUT2D eigenvalue weighted by molar-refractivity contribution is -0.394. The van der Waals surface area contributed by atoms with Crippen LogP contribution in [-0.2, 0) is 0 Å². The number of rotatable bonds is 4. The molecule has 27 heavy (non-hydrogen) atoms. The number of phenols is 1. The second-order valence-electron chi connectivity index (χ2n) is 5.03. The molecule has 0 spiro atoms. The Bertz CT molecular complexity index is 1140. The van der Waals surface area contributed by atoms with Gasteiger partial charge in [-0.2, -0.15) is 5.11 Å². The molecular weight excluding hydrogens is 403 g/mol. The van der Waals surface area contributed by atoms with Crippen LogP contribution in [0, 0.1) is 20.2 Å². The lowest BCUT2D eigenvalue weighted by atomic mass is 10.2. The summed E-state index contributed by atoms with van der Waals surface area (Å²) >= 11 is 11.6. The number of benzene rings is 2. The zero-order chi connectivity index (χ0) is 19.7. The Morgan fingerprint density at radius 3 is 2.22 bits per heavy atom. The Labute approximate surface area is 159 Å². The van der Waals surface area contributed by atoms with Gasteiger partial charge in [-0.15, -0.1) is 5.11 Å². The molecule has 0 fully saturated rings. The number of nitrogens with zero attached hydrogens (tertiary/aromatic N) is 6. The minimum absolute atomic E-state index is 0.00907. The van der Waals surface area contributed by atoms with Crippen LogP contribution in [0.3, 0.4) is 0 Å². The van der Waals surface area contributed by atoms with E-state index in [9.17, 15) is 25.3 Å². The van der Waals surface area contributed by atoms with Crippen LogP contribution in [0.4, 0.5) is 22.7 Å². The van der Waals surface area contributed by atoms with E-state index in [0.29, 0.717) is 17.1 Å². The molecule has 1 heterocycles. The standard InChI is InChI=1S/C14H6Cl2N6O5/c15-13-14(16)18-9-3-6(1-2-8(9)17-13)19-20-10-4-7(21(24)25)5-11(12(10)23)22(26)27/h1-5,23H. The maximum absolute atomic E-state index is 10.9. The highest BCUT2D eigenvalue weighted by atomic mass is 35.5. The van der Waals surface area contributed by atoms with Crippen LogP contribution in [0.1, 0.15) is 0 Å². The monoisotopic (exact) mass is 408 g/mol. The maximum atomic E-state index is 10.9. The van der Waals surface area contributed by atoms with Crippen LogP contribution in [0.25, 0.3) is 11.0 Å². The quantitative estimate of drug-likeness (QED) is 0.366. The number of phenolic OH excluding ortho intramolecular Hbond substituents is 1. The average molecular weight is 409 g/mol. The van der Waals surface area contributed by atoms with Crippen molar-refractivity contribution in [1.29, 1.82) is 0 Å². The Balaban J connectivity index is 2.05. The summed E-state index contributed by atoms with van der Waals surface area (Å²) in [5.41, 5.74) is -0.865. The third-order valence-electron chi connectivity index (χ3n) is 3.30. The smallest absolute Gasteiger partial charge is 0.319 e. The van der Waals surface area contributed by atoms with Gasteiger partial charge in [0.25, 0.3) is 5.69 Å². The first kappa shape index (κ1) is 18.4. The summed E-state index contributed by atoms with van der Waals surface area (Å²) in [5.74, 6) is -0.843. The number of hydrogen-bond donors (Lipinski definition) is 1. The van der Waals surface area contributed by atoms with Gasteiger partial charge in [0.1, 0.15) is 5.69 Å². The number of hydrogen-bond acceptors (Lipinski definition) is 9. The van der Waals surface area contributed by atoms with Crippen molar-refractivity contribution >= 4 is 57.0 Å². The molecule has 0 aliphatic heterocycles. The van der Waals surface area contributed by atoms with Crippen LogP contribution in [0.15, 0.2) is 40.6 Å². The van der Waals surface area contributed by atoms with Crippen molar-refractivity contribution in [2.75, 3.05) is 0 Å². The first-order valence-electron chi connectivity index (χ1n) is 6.96. The number of nitro groups is 2. The van der Waals surface area contributed by atoms with Crippen LogP contribution in [-0.4, -0.2) is 24.9 Å². The van der Waals surface area contributed by atoms with Crippen molar-refractivity contribution in [3.8, 4) is 5.75 Å². The molecular formula is C14H6Cl2N6O5. The summed E-state index contributed by atoms with van der Waals surface area (Å²) in [5, 5.41) is 39.3. The van der Waals surface area contributed by atoms with Crippen molar-refractivity contribution in [3.05, 3.63) is 60.9 Å². The Kier molecular flexibility index (Phi) is 4.79. The van der Waals surface area contributed by atoms with Gasteiger partial charge in [-0.1, -0.05) is 23.2 Å². The number of non-ortho nitro benzene ring substituents is 1. The molecule has 136 valence electrons. The molecule has 2 aromatic carbocycles. The molecule has 13 heteroatoms. The Morgan fingerprint density at radius 1 is 0.926 bits per heavy atom. The lowest BCUT2D eigenvalue weighted by Crippen LogP contribution is -1.93. The van der Waals surface area contributed by atoms with Gasteiger partial charge in [-0.05, 0) is 18.2 Å². The number of halogens is 2. The van der Waals surface area contributed by atoms with Crippen molar-refractivity contribution < 1.29 is 15.0 Å². The molecule has 0 bridgehead atoms. The van der Waals surface area contributed by atoms with Crippen LogP contribution in [0.2, 0.25) is 10.3 Å². The van der Waals surface area contributed by atoms with Crippen molar-refractivity contribution in [1.82, 2.24) is 9.97 Å². The number of nitro benzene ring substituents is 2. The minimum Gasteiger partial charge on any atom is -0.501 e. The molecule has 1 aromatic heterocycles. The molecule has 0 saturated carbocycles. The first-order chi connectivity index (χ1) is 12.8. The molecule has 3 rings (SSSR count). The maximum Gasteiger partial charge on any atom is 0.319 e. The van der Waals surface area contributed by atoms with Crippen LogP contribution in [0.5, 0.6) is 5.75 Å². The fourth-order valence-electron chi connectivity index (χ4n) is 2.08. The molecule has 0 atom stereocenters. The van der Waals surface area contributed by atoms with Gasteiger partial charge in [-0.3, -0.25) is 20.2 Å². The summed E-state index contributed by atoms with van der Waals surface area (Å²) in [6.45, 7) is 0. The zero-order valence-corrected chi connectivity index (χ0v) is 14.4.